The monoisotopic (exact) mass is 591 g/mol. The fraction of sp³-hybridized carbons (Fsp3) is 0.241. The molecule has 1 N–H and O–H groups in total. The number of ether oxygens (including phenoxy) is 3. The number of non-ortho nitro benzene ring substituents is 1. The Hall–Kier alpha value is -4.91. The number of rotatable bonds is 10. The summed E-state index contributed by atoms with van der Waals surface area (Å²) in [7, 11) is 0. The topological polar surface area (TPSA) is 154 Å². The summed E-state index contributed by atoms with van der Waals surface area (Å²) in [6.45, 7) is -0.523. The molecule has 12 nitrogen and oxygen atoms in total. The minimum absolute atomic E-state index is 0.113. The van der Waals surface area contributed by atoms with Crippen molar-refractivity contribution in [2.75, 3.05) is 6.61 Å². The van der Waals surface area contributed by atoms with Crippen LogP contribution in [0, 0.1) is 10.1 Å². The van der Waals surface area contributed by atoms with Crippen molar-refractivity contribution in [3.05, 3.63) is 106 Å². The van der Waals surface area contributed by atoms with Crippen LogP contribution in [0.15, 0.2) is 84.9 Å². The molecule has 13 heteroatoms. The number of hydrogen-bond donors (Lipinski definition) is 1. The van der Waals surface area contributed by atoms with Crippen LogP contribution in [0.2, 0.25) is 0 Å². The average Bonchev–Trinajstić information content (AvgIpc) is 3.50. The van der Waals surface area contributed by atoms with Crippen molar-refractivity contribution >= 4 is 41.2 Å². The number of para-hydroxylation sites is 1. The standard InChI is InChI=1S/C29H25N3O9S/c33-23(17-39-21-9-5-2-6-10-21)30-22-15-24-31(26(22)34)25(29(42-24)41-27(35)19-7-3-1-4-8-19)28(36)40-16-18-11-13-20(14-12-18)32(37)38/h1-14,22,24-25,29H,15-17H2,(H,30,33)/t22-,24+,25-,29+/m0/s1. The molecule has 2 heterocycles. The third-order valence-electron chi connectivity index (χ3n) is 6.60. The zero-order valence-electron chi connectivity index (χ0n) is 22.0. The van der Waals surface area contributed by atoms with Gasteiger partial charge in [0.2, 0.25) is 5.91 Å². The molecule has 42 heavy (non-hydrogen) atoms. The molecule has 216 valence electrons. The number of thioether (sulfide) groups is 1. The highest BCUT2D eigenvalue weighted by molar-refractivity contribution is 8.00. The summed E-state index contributed by atoms with van der Waals surface area (Å²) in [6, 6.07) is 20.3. The van der Waals surface area contributed by atoms with Gasteiger partial charge in [0.05, 0.1) is 15.9 Å². The van der Waals surface area contributed by atoms with Crippen molar-refractivity contribution in [2.24, 2.45) is 0 Å². The summed E-state index contributed by atoms with van der Waals surface area (Å²) in [4.78, 5) is 63.8. The Labute approximate surface area is 244 Å². The lowest BCUT2D eigenvalue weighted by Crippen LogP contribution is -2.50. The van der Waals surface area contributed by atoms with Crippen LogP contribution in [-0.4, -0.2) is 63.1 Å². The van der Waals surface area contributed by atoms with Crippen molar-refractivity contribution in [3.8, 4) is 5.75 Å². The molecule has 2 aliphatic rings. The van der Waals surface area contributed by atoms with Crippen LogP contribution in [0.4, 0.5) is 5.69 Å². The Kier molecular flexibility index (Phi) is 8.67. The summed E-state index contributed by atoms with van der Waals surface area (Å²) in [5, 5.41) is 13.0. The number of amides is 2. The van der Waals surface area contributed by atoms with Crippen molar-refractivity contribution < 1.29 is 38.3 Å². The highest BCUT2D eigenvalue weighted by Crippen LogP contribution is 2.44. The van der Waals surface area contributed by atoms with Gasteiger partial charge in [-0.25, -0.2) is 9.59 Å². The minimum Gasteiger partial charge on any atom is -0.484 e. The Morgan fingerprint density at radius 3 is 2.31 bits per heavy atom. The van der Waals surface area contributed by atoms with Crippen LogP contribution in [0.1, 0.15) is 22.3 Å². The third kappa shape index (κ3) is 6.52. The van der Waals surface area contributed by atoms with Crippen molar-refractivity contribution in [3.63, 3.8) is 0 Å². The maximum Gasteiger partial charge on any atom is 0.339 e. The van der Waals surface area contributed by atoms with Crippen molar-refractivity contribution in [1.29, 1.82) is 0 Å². The number of esters is 2. The summed E-state index contributed by atoms with van der Waals surface area (Å²) < 4.78 is 16.6. The normalized spacial score (nSPS) is 20.9. The Balaban J connectivity index is 1.27. The minimum atomic E-state index is -1.28. The van der Waals surface area contributed by atoms with E-state index >= 15 is 0 Å². The quantitative estimate of drug-likeness (QED) is 0.211. The van der Waals surface area contributed by atoms with E-state index in [1.807, 2.05) is 6.07 Å². The first-order chi connectivity index (χ1) is 20.3. The SMILES string of the molecule is O=C(COc1ccccc1)N[C@H]1C[C@H]2S[C@@H](OC(=O)c3ccccc3)[C@H](C(=O)OCc3ccc([N+](=O)[O-])cc3)N2C1=O. The lowest BCUT2D eigenvalue weighted by Gasteiger charge is -2.25. The summed E-state index contributed by atoms with van der Waals surface area (Å²) in [5.41, 5.74) is -0.407. The number of nitro groups is 1. The second-order valence-corrected chi connectivity index (χ2v) is 10.7. The van der Waals surface area contributed by atoms with E-state index in [1.54, 1.807) is 54.6 Å². The average molecular weight is 592 g/mol. The van der Waals surface area contributed by atoms with E-state index in [-0.39, 0.29) is 30.9 Å². The second-order valence-electron chi connectivity index (χ2n) is 9.41. The molecule has 0 saturated carbocycles. The maximum absolute atomic E-state index is 13.4. The van der Waals surface area contributed by atoms with Gasteiger partial charge < -0.3 is 24.4 Å². The summed E-state index contributed by atoms with van der Waals surface area (Å²) in [5.74, 6) is -2.01. The highest BCUT2D eigenvalue weighted by Gasteiger charge is 2.57. The maximum atomic E-state index is 13.4. The molecule has 0 spiro atoms. The second kappa shape index (κ2) is 12.7. The number of benzene rings is 3. The van der Waals surface area contributed by atoms with Crippen LogP contribution in [0.5, 0.6) is 5.75 Å². The fourth-order valence-corrected chi connectivity index (χ4v) is 6.09. The van der Waals surface area contributed by atoms with Gasteiger partial charge in [0, 0.05) is 18.6 Å². The Bertz CT molecular complexity index is 1470. The summed E-state index contributed by atoms with van der Waals surface area (Å²) in [6.07, 6.45) is 0.173. The molecule has 2 saturated heterocycles. The molecular formula is C29H25N3O9S. The van der Waals surface area contributed by atoms with Crippen LogP contribution in [0.3, 0.4) is 0 Å². The molecule has 0 aromatic heterocycles. The zero-order valence-corrected chi connectivity index (χ0v) is 22.8. The predicted molar refractivity (Wildman–Crippen MR) is 149 cm³/mol. The van der Waals surface area contributed by atoms with Crippen LogP contribution in [-0.2, 0) is 30.5 Å². The molecule has 2 fully saturated rings. The summed E-state index contributed by atoms with van der Waals surface area (Å²) >= 11 is 1.12. The molecule has 5 rings (SSSR count). The Morgan fingerprint density at radius 1 is 0.976 bits per heavy atom. The zero-order chi connectivity index (χ0) is 29.6. The van der Waals surface area contributed by atoms with E-state index in [9.17, 15) is 29.3 Å². The van der Waals surface area contributed by atoms with Crippen molar-refractivity contribution in [1.82, 2.24) is 10.2 Å². The lowest BCUT2D eigenvalue weighted by molar-refractivity contribution is -0.384. The number of fused-ring (bicyclic) bond motifs is 1. The number of carbonyl (C=O) groups excluding carboxylic acids is 4. The number of hydrogen-bond acceptors (Lipinski definition) is 10. The molecule has 3 aromatic carbocycles. The van der Waals surface area contributed by atoms with Gasteiger partial charge in [-0.05, 0) is 42.0 Å². The van der Waals surface area contributed by atoms with E-state index in [0.29, 0.717) is 11.3 Å². The molecule has 0 bridgehead atoms. The highest BCUT2D eigenvalue weighted by atomic mass is 32.2. The van der Waals surface area contributed by atoms with Crippen LogP contribution < -0.4 is 10.1 Å². The van der Waals surface area contributed by atoms with Gasteiger partial charge in [0.15, 0.2) is 18.1 Å². The first-order valence-corrected chi connectivity index (χ1v) is 13.9. The third-order valence-corrected chi connectivity index (χ3v) is 7.96. The molecule has 0 radical (unpaired) electrons. The van der Waals surface area contributed by atoms with Crippen molar-refractivity contribution in [2.45, 2.75) is 35.9 Å². The number of carbonyl (C=O) groups is 4. The lowest BCUT2D eigenvalue weighted by atomic mass is 10.2. The van der Waals surface area contributed by atoms with E-state index in [4.69, 9.17) is 14.2 Å². The van der Waals surface area contributed by atoms with Crippen LogP contribution >= 0.6 is 11.8 Å². The molecule has 4 atom stereocenters. The van der Waals surface area contributed by atoms with E-state index < -0.39 is 51.6 Å². The van der Waals surface area contributed by atoms with Gasteiger partial charge in [0.1, 0.15) is 18.4 Å². The molecule has 0 unspecified atom stereocenters. The molecule has 0 aliphatic carbocycles. The van der Waals surface area contributed by atoms with E-state index in [2.05, 4.69) is 5.32 Å². The number of nitro benzene ring substituents is 1. The first-order valence-electron chi connectivity index (χ1n) is 12.9. The molecular weight excluding hydrogens is 566 g/mol. The van der Waals surface area contributed by atoms with Gasteiger partial charge in [-0.1, -0.05) is 48.2 Å². The molecule has 2 amide bonds. The molecule has 2 aliphatic heterocycles. The van der Waals surface area contributed by atoms with Gasteiger partial charge >= 0.3 is 11.9 Å². The van der Waals surface area contributed by atoms with E-state index in [1.165, 1.54) is 29.2 Å². The number of nitrogens with one attached hydrogen (secondary N) is 1. The van der Waals surface area contributed by atoms with Gasteiger partial charge in [-0.2, -0.15) is 0 Å². The Morgan fingerprint density at radius 2 is 1.64 bits per heavy atom. The fourth-order valence-electron chi connectivity index (χ4n) is 4.58. The van der Waals surface area contributed by atoms with Gasteiger partial charge in [0.25, 0.3) is 11.6 Å². The largest absolute Gasteiger partial charge is 0.484 e. The smallest absolute Gasteiger partial charge is 0.339 e. The van der Waals surface area contributed by atoms with Gasteiger partial charge in [-0.3, -0.25) is 19.7 Å². The predicted octanol–water partition coefficient (Wildman–Crippen LogP) is 3.06. The first kappa shape index (κ1) is 28.6. The van der Waals surface area contributed by atoms with Crippen LogP contribution in [0.25, 0.3) is 0 Å². The van der Waals surface area contributed by atoms with Gasteiger partial charge in [-0.15, -0.1) is 0 Å². The van der Waals surface area contributed by atoms with E-state index in [0.717, 1.165) is 11.8 Å². The number of nitrogens with zero attached hydrogens (tertiary/aromatic N) is 2. The molecule has 3 aromatic rings.